The highest BCUT2D eigenvalue weighted by molar-refractivity contribution is 8.00. The molecule has 0 spiro atoms. The summed E-state index contributed by atoms with van der Waals surface area (Å²) < 4.78 is 0. The second kappa shape index (κ2) is 5.44. The van der Waals surface area contributed by atoms with Crippen LogP contribution in [0.4, 0.5) is 0 Å². The average Bonchev–Trinajstić information content (AvgIpc) is 2.12. The molecule has 1 N–H and O–H groups in total. The topological polar surface area (TPSA) is 42.0 Å². The molecule has 76 valence electrons. The van der Waals surface area contributed by atoms with Crippen molar-refractivity contribution in [2.75, 3.05) is 12.8 Å². The molecule has 0 radical (unpaired) electrons. The summed E-state index contributed by atoms with van der Waals surface area (Å²) in [5, 5.41) is 3.18. The van der Waals surface area contributed by atoms with Crippen molar-refractivity contribution in [3.63, 3.8) is 0 Å². The van der Waals surface area contributed by atoms with Gasteiger partial charge in [0.15, 0.2) is 0 Å². The molecule has 1 aromatic rings. The third kappa shape index (κ3) is 3.74. The summed E-state index contributed by atoms with van der Waals surface area (Å²) in [5.41, 5.74) is 0. The Morgan fingerprint density at radius 1 is 1.50 bits per heavy atom. The number of carbonyl (C=O) groups excluding carboxylic acids is 1. The van der Waals surface area contributed by atoms with Gasteiger partial charge in [0.2, 0.25) is 5.91 Å². The highest BCUT2D eigenvalue weighted by Crippen LogP contribution is 2.23. The van der Waals surface area contributed by atoms with Crippen LogP contribution < -0.4 is 5.32 Å². The van der Waals surface area contributed by atoms with Crippen molar-refractivity contribution in [1.82, 2.24) is 10.3 Å². The molecule has 1 heterocycles. The molecule has 1 aromatic heterocycles. The van der Waals surface area contributed by atoms with Gasteiger partial charge in [0, 0.05) is 11.9 Å². The van der Waals surface area contributed by atoms with Gasteiger partial charge in [-0.15, -0.1) is 11.8 Å². The van der Waals surface area contributed by atoms with Crippen LogP contribution in [-0.4, -0.2) is 23.7 Å². The minimum atomic E-state index is -0.0425. The van der Waals surface area contributed by atoms with Gasteiger partial charge >= 0.3 is 0 Å². The normalized spacial score (nSPS) is 9.93. The van der Waals surface area contributed by atoms with Crippen molar-refractivity contribution in [1.29, 1.82) is 0 Å². The SMILES string of the molecule is CNC(=O)CSc1cc(Cl)nc(Cl)c1. The first-order chi connectivity index (χ1) is 6.61. The zero-order chi connectivity index (χ0) is 10.6. The molecule has 0 aliphatic heterocycles. The highest BCUT2D eigenvalue weighted by Gasteiger charge is 2.03. The summed E-state index contributed by atoms with van der Waals surface area (Å²) >= 11 is 12.7. The van der Waals surface area contributed by atoms with E-state index in [0.717, 1.165) is 4.90 Å². The van der Waals surface area contributed by atoms with Crippen molar-refractivity contribution in [2.45, 2.75) is 4.90 Å². The maximum atomic E-state index is 10.9. The summed E-state index contributed by atoms with van der Waals surface area (Å²) in [4.78, 5) is 15.6. The van der Waals surface area contributed by atoms with Crippen molar-refractivity contribution in [2.24, 2.45) is 0 Å². The predicted octanol–water partition coefficient (Wildman–Crippen LogP) is 2.23. The lowest BCUT2D eigenvalue weighted by molar-refractivity contribution is -0.118. The van der Waals surface area contributed by atoms with Crippen LogP contribution in [0.5, 0.6) is 0 Å². The average molecular weight is 251 g/mol. The van der Waals surface area contributed by atoms with Crippen molar-refractivity contribution in [3.8, 4) is 0 Å². The van der Waals surface area contributed by atoms with Gasteiger partial charge in [0.1, 0.15) is 10.3 Å². The van der Waals surface area contributed by atoms with Gasteiger partial charge in [-0.25, -0.2) is 4.98 Å². The summed E-state index contributed by atoms with van der Waals surface area (Å²) in [6.45, 7) is 0. The fourth-order valence-corrected chi connectivity index (χ4v) is 2.17. The van der Waals surface area contributed by atoms with E-state index in [-0.39, 0.29) is 5.91 Å². The largest absolute Gasteiger partial charge is 0.358 e. The lowest BCUT2D eigenvalue weighted by atomic mass is 10.5. The lowest BCUT2D eigenvalue weighted by Crippen LogP contribution is -2.19. The number of hydrogen-bond donors (Lipinski definition) is 1. The molecule has 0 saturated carbocycles. The Hall–Kier alpha value is -0.450. The zero-order valence-corrected chi connectivity index (χ0v) is 9.71. The van der Waals surface area contributed by atoms with Gasteiger partial charge in [0.25, 0.3) is 0 Å². The second-order valence-corrected chi connectivity index (χ2v) is 4.23. The van der Waals surface area contributed by atoms with Crippen LogP contribution in [0.25, 0.3) is 0 Å². The number of nitrogens with one attached hydrogen (secondary N) is 1. The van der Waals surface area contributed by atoms with Crippen molar-refractivity contribution in [3.05, 3.63) is 22.4 Å². The molecule has 0 aliphatic rings. The van der Waals surface area contributed by atoms with Crippen molar-refractivity contribution >= 4 is 40.9 Å². The van der Waals surface area contributed by atoms with Gasteiger partial charge in [0.05, 0.1) is 5.75 Å². The highest BCUT2D eigenvalue weighted by atomic mass is 35.5. The predicted molar refractivity (Wildman–Crippen MR) is 59.0 cm³/mol. The molecule has 1 amide bonds. The molecular weight excluding hydrogens is 243 g/mol. The van der Waals surface area contributed by atoms with Crippen LogP contribution in [0.3, 0.4) is 0 Å². The minimum absolute atomic E-state index is 0.0425. The number of pyridine rings is 1. The molecule has 0 unspecified atom stereocenters. The number of aromatic nitrogens is 1. The quantitative estimate of drug-likeness (QED) is 0.661. The van der Waals surface area contributed by atoms with Crippen LogP contribution in [0.15, 0.2) is 17.0 Å². The fourth-order valence-electron chi connectivity index (χ4n) is 0.747. The Bertz CT molecular complexity index is 326. The lowest BCUT2D eigenvalue weighted by Gasteiger charge is -2.01. The molecule has 0 aromatic carbocycles. The van der Waals surface area contributed by atoms with Crippen LogP contribution in [0.2, 0.25) is 10.3 Å². The first-order valence-electron chi connectivity index (χ1n) is 3.78. The number of nitrogens with zero attached hydrogens (tertiary/aromatic N) is 1. The molecule has 0 bridgehead atoms. The van der Waals surface area contributed by atoms with E-state index in [1.54, 1.807) is 19.2 Å². The molecule has 6 heteroatoms. The number of carbonyl (C=O) groups is 1. The fraction of sp³-hybridized carbons (Fsp3) is 0.250. The molecule has 0 saturated heterocycles. The Kier molecular flexibility index (Phi) is 4.51. The van der Waals surface area contributed by atoms with E-state index >= 15 is 0 Å². The Morgan fingerprint density at radius 3 is 2.57 bits per heavy atom. The number of rotatable bonds is 3. The summed E-state index contributed by atoms with van der Waals surface area (Å²) in [6.07, 6.45) is 0. The molecule has 3 nitrogen and oxygen atoms in total. The van der Waals surface area contributed by atoms with Gasteiger partial charge in [-0.1, -0.05) is 23.2 Å². The van der Waals surface area contributed by atoms with E-state index in [1.165, 1.54) is 11.8 Å². The maximum Gasteiger partial charge on any atom is 0.230 e. The number of halogens is 2. The van der Waals surface area contributed by atoms with E-state index in [1.807, 2.05) is 0 Å². The summed E-state index contributed by atoms with van der Waals surface area (Å²) in [6, 6.07) is 3.34. The summed E-state index contributed by atoms with van der Waals surface area (Å²) in [7, 11) is 1.59. The van der Waals surface area contributed by atoms with Crippen molar-refractivity contribution < 1.29 is 4.79 Å². The third-order valence-corrected chi connectivity index (χ3v) is 2.75. The van der Waals surface area contributed by atoms with Gasteiger partial charge < -0.3 is 5.32 Å². The van der Waals surface area contributed by atoms with Gasteiger partial charge in [-0.3, -0.25) is 4.79 Å². The smallest absolute Gasteiger partial charge is 0.230 e. The van der Waals surface area contributed by atoms with E-state index in [0.29, 0.717) is 16.1 Å². The monoisotopic (exact) mass is 250 g/mol. The first kappa shape index (κ1) is 11.6. The molecule has 1 rings (SSSR count). The van der Waals surface area contributed by atoms with E-state index in [2.05, 4.69) is 10.3 Å². The number of hydrogen-bond acceptors (Lipinski definition) is 3. The molecular formula is C8H8Cl2N2OS. The maximum absolute atomic E-state index is 10.9. The number of thioether (sulfide) groups is 1. The van der Waals surface area contributed by atoms with E-state index in [4.69, 9.17) is 23.2 Å². The van der Waals surface area contributed by atoms with Crippen LogP contribution >= 0.6 is 35.0 Å². The third-order valence-electron chi connectivity index (χ3n) is 1.39. The van der Waals surface area contributed by atoms with Gasteiger partial charge in [-0.05, 0) is 12.1 Å². The molecule has 14 heavy (non-hydrogen) atoms. The Balaban J connectivity index is 2.63. The summed E-state index contributed by atoms with van der Waals surface area (Å²) in [5.74, 6) is 0.298. The molecule has 0 fully saturated rings. The van der Waals surface area contributed by atoms with Crippen LogP contribution in [0, 0.1) is 0 Å². The standard InChI is InChI=1S/C8H8Cl2N2OS/c1-11-8(13)4-14-5-2-6(9)12-7(10)3-5/h2-3H,4H2,1H3,(H,11,13). The van der Waals surface area contributed by atoms with Crippen LogP contribution in [0.1, 0.15) is 0 Å². The van der Waals surface area contributed by atoms with E-state index < -0.39 is 0 Å². The Labute approximate surface area is 96.2 Å². The first-order valence-corrected chi connectivity index (χ1v) is 5.52. The van der Waals surface area contributed by atoms with Crippen LogP contribution in [-0.2, 0) is 4.79 Å². The second-order valence-electron chi connectivity index (χ2n) is 2.41. The molecule has 0 atom stereocenters. The molecule has 0 aliphatic carbocycles. The number of amides is 1. The minimum Gasteiger partial charge on any atom is -0.358 e. The van der Waals surface area contributed by atoms with Gasteiger partial charge in [-0.2, -0.15) is 0 Å². The zero-order valence-electron chi connectivity index (χ0n) is 7.38. The van der Waals surface area contributed by atoms with E-state index in [9.17, 15) is 4.79 Å². The Morgan fingerprint density at radius 2 is 2.07 bits per heavy atom.